The molecule has 0 aromatic heterocycles. The highest BCUT2D eigenvalue weighted by molar-refractivity contribution is 5.96. The molecule has 2 N–H and O–H groups in total. The number of hydrogen-bond acceptors (Lipinski definition) is 8. The molecule has 0 amide bonds. The molecule has 0 aliphatic heterocycles. The molecule has 0 heterocycles. The van der Waals surface area contributed by atoms with Crippen LogP contribution in [-0.2, 0) is 30.3 Å². The number of aliphatic hydroxyl groups excluding tert-OH is 1. The number of ether oxygens (including phenoxy) is 3. The number of Topliss-reactive ketones (excluding diaryl/α,β-unsaturated/α-hetero) is 1. The molecule has 8 nitrogen and oxygen atoms in total. The van der Waals surface area contributed by atoms with Gasteiger partial charge in [-0.25, -0.2) is 0 Å². The van der Waals surface area contributed by atoms with E-state index in [-0.39, 0.29) is 29.0 Å². The summed E-state index contributed by atoms with van der Waals surface area (Å²) in [6.45, 7) is 12.9. The van der Waals surface area contributed by atoms with E-state index < -0.39 is 0 Å². The van der Waals surface area contributed by atoms with Crippen LogP contribution in [0.2, 0.25) is 0 Å². The largest absolute Gasteiger partial charge is 0.507 e. The van der Waals surface area contributed by atoms with Crippen molar-refractivity contribution in [1.29, 1.82) is 0 Å². The van der Waals surface area contributed by atoms with E-state index in [2.05, 4.69) is 42.1 Å². The molecular formula is C31H49NO7. The number of methoxy groups -OCH3 is 1. The number of aryl methyl sites for hydroxylation is 1. The number of allylic oxidation sites excluding steroid dienone is 4. The van der Waals surface area contributed by atoms with Crippen LogP contribution < -0.4 is 10.1 Å². The van der Waals surface area contributed by atoms with Crippen molar-refractivity contribution < 1.29 is 33.7 Å². The minimum absolute atomic E-state index is 0.0594. The third kappa shape index (κ3) is 19.2. The van der Waals surface area contributed by atoms with Gasteiger partial charge in [0.2, 0.25) is 0 Å². The van der Waals surface area contributed by atoms with Crippen molar-refractivity contribution in [2.45, 2.75) is 73.6 Å². The summed E-state index contributed by atoms with van der Waals surface area (Å²) in [5.41, 5.74) is 1.61. The van der Waals surface area contributed by atoms with E-state index in [1.807, 2.05) is 32.3 Å². The molecule has 0 aliphatic carbocycles. The fraction of sp³-hybridized carbons (Fsp3) is 0.516. The van der Waals surface area contributed by atoms with E-state index in [0.29, 0.717) is 18.7 Å². The summed E-state index contributed by atoms with van der Waals surface area (Å²) >= 11 is 0. The smallest absolute Gasteiger partial charge is 0.298 e. The third-order valence-electron chi connectivity index (χ3n) is 5.45. The molecule has 0 spiro atoms. The molecule has 1 unspecified atom stereocenters. The van der Waals surface area contributed by atoms with E-state index in [1.165, 1.54) is 25.2 Å². The van der Waals surface area contributed by atoms with Crippen molar-refractivity contribution in [1.82, 2.24) is 5.32 Å². The predicted molar refractivity (Wildman–Crippen MR) is 156 cm³/mol. The molecule has 1 rings (SSSR count). The van der Waals surface area contributed by atoms with Crippen molar-refractivity contribution in [2.75, 3.05) is 20.8 Å². The summed E-state index contributed by atoms with van der Waals surface area (Å²) in [5.74, 6) is 0.803. The van der Waals surface area contributed by atoms with E-state index in [0.717, 1.165) is 38.0 Å². The zero-order valence-corrected chi connectivity index (χ0v) is 25.0. The Hall–Kier alpha value is -3.55. The van der Waals surface area contributed by atoms with Gasteiger partial charge < -0.3 is 24.6 Å². The first kappa shape index (κ1) is 37.6. The highest BCUT2D eigenvalue weighted by Crippen LogP contribution is 2.21. The van der Waals surface area contributed by atoms with E-state index in [4.69, 9.17) is 14.3 Å². The second-order valence-corrected chi connectivity index (χ2v) is 8.99. The first-order valence-corrected chi connectivity index (χ1v) is 13.4. The molecule has 220 valence electrons. The fourth-order valence-electron chi connectivity index (χ4n) is 3.03. The van der Waals surface area contributed by atoms with Crippen molar-refractivity contribution in [3.05, 3.63) is 65.3 Å². The Kier molecular flexibility index (Phi) is 23.9. The first-order valence-electron chi connectivity index (χ1n) is 13.4. The van der Waals surface area contributed by atoms with Gasteiger partial charge in [0.25, 0.3) is 12.9 Å². The highest BCUT2D eigenvalue weighted by Gasteiger charge is 2.16. The summed E-state index contributed by atoms with van der Waals surface area (Å²) in [5, 5.41) is 13.0. The normalized spacial score (nSPS) is 12.2. The number of carbonyl (C=O) groups is 3. The SMILES string of the molecule is CCCCOc1cccc(CC)c1.CN/C=C/CCC(C)/C(=C/C(O)=C(\C)C(=O)C(C)C)OC=O.COC=O. The second-order valence-electron chi connectivity index (χ2n) is 8.99. The number of carbonyl (C=O) groups excluding carboxylic acids is 3. The minimum atomic E-state index is -0.199. The van der Waals surface area contributed by atoms with Gasteiger partial charge in [-0.3, -0.25) is 14.4 Å². The maximum absolute atomic E-state index is 11.9. The van der Waals surface area contributed by atoms with Gasteiger partial charge in [-0.15, -0.1) is 0 Å². The molecule has 0 radical (unpaired) electrons. The van der Waals surface area contributed by atoms with Crippen LogP contribution in [0.15, 0.2) is 59.7 Å². The maximum Gasteiger partial charge on any atom is 0.298 e. The number of ketones is 1. The van der Waals surface area contributed by atoms with Gasteiger partial charge in [0.15, 0.2) is 5.78 Å². The van der Waals surface area contributed by atoms with Crippen LogP contribution in [0.4, 0.5) is 0 Å². The predicted octanol–water partition coefficient (Wildman–Crippen LogP) is 6.47. The molecule has 0 bridgehead atoms. The maximum atomic E-state index is 11.9. The van der Waals surface area contributed by atoms with Gasteiger partial charge in [0.05, 0.1) is 13.7 Å². The number of hydrogen-bond donors (Lipinski definition) is 2. The van der Waals surface area contributed by atoms with Gasteiger partial charge >= 0.3 is 0 Å². The highest BCUT2D eigenvalue weighted by atomic mass is 16.5. The molecule has 0 fully saturated rings. The van der Waals surface area contributed by atoms with Crippen LogP contribution in [0.25, 0.3) is 0 Å². The topological polar surface area (TPSA) is 111 Å². The van der Waals surface area contributed by atoms with Crippen molar-refractivity contribution in [3.63, 3.8) is 0 Å². The lowest BCUT2D eigenvalue weighted by atomic mass is 9.99. The molecule has 1 atom stereocenters. The molecule has 8 heteroatoms. The summed E-state index contributed by atoms with van der Waals surface area (Å²) in [6.07, 6.45) is 10.1. The average molecular weight is 548 g/mol. The van der Waals surface area contributed by atoms with E-state index in [9.17, 15) is 14.7 Å². The third-order valence-corrected chi connectivity index (χ3v) is 5.45. The Morgan fingerprint density at radius 2 is 1.79 bits per heavy atom. The molecule has 1 aromatic carbocycles. The van der Waals surface area contributed by atoms with Crippen LogP contribution in [0.5, 0.6) is 5.75 Å². The standard InChI is InChI=1S/C17H27NO4.C12H18O.C2H4O2/c1-12(2)17(21)14(4)15(20)10-16(22-11-19)13(3)8-6-7-9-18-5;1-3-5-9-13-12-8-6-7-11(4-2)10-12;1-4-2-3/h7,9-13,18,20H,6,8H2,1-5H3;6-8,10H,3-5,9H2,1-2H3;2H,1H3/b9-7+,15-14-,16-10-;;. The molecule has 39 heavy (non-hydrogen) atoms. The number of nitrogens with one attached hydrogen (secondary N) is 1. The Morgan fingerprint density at radius 1 is 1.13 bits per heavy atom. The zero-order chi connectivity index (χ0) is 30.1. The summed E-state index contributed by atoms with van der Waals surface area (Å²) in [4.78, 5) is 31.5. The van der Waals surface area contributed by atoms with Gasteiger partial charge in [-0.2, -0.15) is 0 Å². The summed E-state index contributed by atoms with van der Waals surface area (Å²) < 4.78 is 14.4. The van der Waals surface area contributed by atoms with Crippen LogP contribution in [0.3, 0.4) is 0 Å². The van der Waals surface area contributed by atoms with Crippen LogP contribution in [0, 0.1) is 11.8 Å². The van der Waals surface area contributed by atoms with Crippen molar-refractivity contribution in [3.8, 4) is 5.75 Å². The Balaban J connectivity index is 0. The summed E-state index contributed by atoms with van der Waals surface area (Å²) in [7, 11) is 3.13. The second kappa shape index (κ2) is 24.8. The lowest BCUT2D eigenvalue weighted by molar-refractivity contribution is -0.126. The number of unbranched alkanes of at least 4 members (excludes halogenated alkanes) is 1. The number of aliphatic hydroxyl groups is 1. The van der Waals surface area contributed by atoms with Gasteiger partial charge in [0, 0.05) is 30.5 Å². The Labute approximate surface area is 235 Å². The molecule has 0 saturated carbocycles. The van der Waals surface area contributed by atoms with Gasteiger partial charge in [0.1, 0.15) is 17.3 Å². The van der Waals surface area contributed by atoms with Crippen LogP contribution in [-0.4, -0.2) is 44.6 Å². The number of benzene rings is 1. The average Bonchev–Trinajstić information content (AvgIpc) is 2.94. The van der Waals surface area contributed by atoms with Gasteiger partial charge in [-0.1, -0.05) is 59.2 Å². The monoisotopic (exact) mass is 547 g/mol. The molecule has 0 aliphatic rings. The van der Waals surface area contributed by atoms with Gasteiger partial charge in [-0.05, 0) is 56.5 Å². The first-order chi connectivity index (χ1) is 18.6. The lowest BCUT2D eigenvalue weighted by Crippen LogP contribution is -2.11. The molecule has 1 aromatic rings. The zero-order valence-electron chi connectivity index (χ0n) is 25.0. The van der Waals surface area contributed by atoms with Crippen molar-refractivity contribution in [2.24, 2.45) is 11.8 Å². The van der Waals surface area contributed by atoms with Crippen LogP contribution in [0.1, 0.15) is 72.8 Å². The summed E-state index contributed by atoms with van der Waals surface area (Å²) in [6, 6.07) is 8.33. The minimum Gasteiger partial charge on any atom is -0.507 e. The fourth-order valence-corrected chi connectivity index (χ4v) is 3.03. The van der Waals surface area contributed by atoms with E-state index in [1.54, 1.807) is 20.8 Å². The van der Waals surface area contributed by atoms with E-state index >= 15 is 0 Å². The van der Waals surface area contributed by atoms with Crippen molar-refractivity contribution >= 4 is 18.7 Å². The molecular weight excluding hydrogens is 498 g/mol. The molecule has 0 saturated heterocycles. The van der Waals surface area contributed by atoms with Crippen LogP contribution >= 0.6 is 0 Å². The number of rotatable bonds is 16. The lowest BCUT2D eigenvalue weighted by Gasteiger charge is -2.13. The quantitative estimate of drug-likeness (QED) is 0.0797. The Bertz CT molecular complexity index is 904. The Morgan fingerprint density at radius 3 is 2.31 bits per heavy atom.